The standard InChI is InChI=1S/C24H23N3O2S/c1-16-9-10-17(2)19(12-16)13-22(28)27(15-18-6-5-11-25-14-18)24-26-23-20(29-3)7-4-8-21(23)30-24/h4-12,14H,13,15H2,1-3H3. The van der Waals surface area contributed by atoms with Gasteiger partial charge in [-0.3, -0.25) is 14.7 Å². The van der Waals surface area contributed by atoms with Gasteiger partial charge in [0, 0.05) is 12.4 Å². The molecule has 2 heterocycles. The smallest absolute Gasteiger partial charge is 0.233 e. The number of para-hydroxylation sites is 1. The first-order chi connectivity index (χ1) is 14.5. The maximum atomic E-state index is 13.5. The minimum Gasteiger partial charge on any atom is -0.494 e. The summed E-state index contributed by atoms with van der Waals surface area (Å²) in [5, 5.41) is 0.661. The van der Waals surface area contributed by atoms with Gasteiger partial charge in [-0.1, -0.05) is 47.2 Å². The van der Waals surface area contributed by atoms with Crippen LogP contribution in [0, 0.1) is 13.8 Å². The van der Waals surface area contributed by atoms with Crippen LogP contribution in [0.1, 0.15) is 22.3 Å². The fourth-order valence-electron chi connectivity index (χ4n) is 3.38. The van der Waals surface area contributed by atoms with Crippen LogP contribution in [-0.4, -0.2) is 23.0 Å². The highest BCUT2D eigenvalue weighted by Gasteiger charge is 2.22. The first-order valence-corrected chi connectivity index (χ1v) is 10.6. The summed E-state index contributed by atoms with van der Waals surface area (Å²) < 4.78 is 6.44. The van der Waals surface area contributed by atoms with Crippen LogP contribution in [0.15, 0.2) is 60.9 Å². The maximum absolute atomic E-state index is 13.5. The highest BCUT2D eigenvalue weighted by Crippen LogP contribution is 2.35. The van der Waals surface area contributed by atoms with E-state index in [2.05, 4.69) is 23.2 Å². The number of hydrogen-bond acceptors (Lipinski definition) is 5. The lowest BCUT2D eigenvalue weighted by Gasteiger charge is -2.20. The first kappa shape index (κ1) is 20.0. The molecule has 0 aliphatic rings. The summed E-state index contributed by atoms with van der Waals surface area (Å²) in [5.41, 5.74) is 5.02. The van der Waals surface area contributed by atoms with Gasteiger partial charge < -0.3 is 4.74 Å². The molecule has 0 aliphatic heterocycles. The zero-order valence-corrected chi connectivity index (χ0v) is 18.1. The van der Waals surface area contributed by atoms with E-state index in [-0.39, 0.29) is 5.91 Å². The molecule has 6 heteroatoms. The number of ether oxygens (including phenoxy) is 1. The number of aromatic nitrogens is 2. The number of rotatable bonds is 6. The van der Waals surface area contributed by atoms with E-state index in [4.69, 9.17) is 9.72 Å². The summed E-state index contributed by atoms with van der Waals surface area (Å²) in [6, 6.07) is 15.9. The predicted octanol–water partition coefficient (Wildman–Crippen LogP) is 5.09. The Morgan fingerprint density at radius 1 is 1.13 bits per heavy atom. The van der Waals surface area contributed by atoms with E-state index in [1.807, 2.05) is 44.2 Å². The highest BCUT2D eigenvalue weighted by atomic mass is 32.1. The fraction of sp³-hybridized carbons (Fsp3) is 0.208. The third-order valence-corrected chi connectivity index (χ3v) is 6.08. The average molecular weight is 418 g/mol. The van der Waals surface area contributed by atoms with Crippen LogP contribution in [0.4, 0.5) is 5.13 Å². The third kappa shape index (κ3) is 4.19. The van der Waals surface area contributed by atoms with Crippen molar-refractivity contribution in [3.63, 3.8) is 0 Å². The summed E-state index contributed by atoms with van der Waals surface area (Å²) in [6.45, 7) is 4.50. The van der Waals surface area contributed by atoms with Crippen molar-refractivity contribution in [1.82, 2.24) is 9.97 Å². The second-order valence-corrected chi connectivity index (χ2v) is 8.26. The van der Waals surface area contributed by atoms with Crippen LogP contribution in [-0.2, 0) is 17.8 Å². The van der Waals surface area contributed by atoms with E-state index in [1.54, 1.807) is 24.4 Å². The number of aryl methyl sites for hydroxylation is 2. The maximum Gasteiger partial charge on any atom is 0.233 e. The second kappa shape index (κ2) is 8.63. The molecular formula is C24H23N3O2S. The van der Waals surface area contributed by atoms with Gasteiger partial charge >= 0.3 is 0 Å². The lowest BCUT2D eigenvalue weighted by molar-refractivity contribution is -0.118. The molecule has 5 nitrogen and oxygen atoms in total. The Morgan fingerprint density at radius 2 is 2.00 bits per heavy atom. The number of methoxy groups -OCH3 is 1. The van der Waals surface area contributed by atoms with Crippen LogP contribution in [0.5, 0.6) is 5.75 Å². The molecule has 0 spiro atoms. The number of hydrogen-bond donors (Lipinski definition) is 0. The van der Waals surface area contributed by atoms with Crippen LogP contribution in [0.3, 0.4) is 0 Å². The molecule has 4 aromatic rings. The molecule has 2 aromatic carbocycles. The van der Waals surface area contributed by atoms with E-state index in [9.17, 15) is 4.79 Å². The zero-order chi connectivity index (χ0) is 21.1. The largest absolute Gasteiger partial charge is 0.494 e. The summed E-state index contributed by atoms with van der Waals surface area (Å²) in [5.74, 6) is 0.712. The highest BCUT2D eigenvalue weighted by molar-refractivity contribution is 7.22. The SMILES string of the molecule is COc1cccc2sc(N(Cc3cccnc3)C(=O)Cc3cc(C)ccc3C)nc12. The molecular weight excluding hydrogens is 394 g/mol. The topological polar surface area (TPSA) is 55.3 Å². The zero-order valence-electron chi connectivity index (χ0n) is 17.3. The number of carbonyl (C=O) groups excluding carboxylic acids is 1. The molecule has 4 rings (SSSR count). The average Bonchev–Trinajstić information content (AvgIpc) is 3.19. The molecule has 1 amide bonds. The van der Waals surface area contributed by atoms with Crippen molar-refractivity contribution in [2.45, 2.75) is 26.8 Å². The molecule has 0 fully saturated rings. The van der Waals surface area contributed by atoms with Gasteiger partial charge in [0.2, 0.25) is 5.91 Å². The number of fused-ring (bicyclic) bond motifs is 1. The van der Waals surface area contributed by atoms with Gasteiger partial charge in [0.05, 0.1) is 24.8 Å². The van der Waals surface area contributed by atoms with E-state index in [0.717, 1.165) is 32.5 Å². The third-order valence-electron chi connectivity index (χ3n) is 5.03. The minimum absolute atomic E-state index is 0.00516. The number of pyridine rings is 1. The number of anilines is 1. The van der Waals surface area contributed by atoms with Gasteiger partial charge in [-0.05, 0) is 48.7 Å². The van der Waals surface area contributed by atoms with Crippen molar-refractivity contribution in [3.05, 3.63) is 83.2 Å². The first-order valence-electron chi connectivity index (χ1n) is 9.74. The molecule has 0 bridgehead atoms. The number of benzene rings is 2. The second-order valence-electron chi connectivity index (χ2n) is 7.25. The Bertz CT molecular complexity index is 1190. The van der Waals surface area contributed by atoms with E-state index < -0.39 is 0 Å². The molecule has 0 unspecified atom stereocenters. The van der Waals surface area contributed by atoms with Gasteiger partial charge in [-0.25, -0.2) is 4.98 Å². The molecule has 0 aliphatic carbocycles. The molecule has 0 N–H and O–H groups in total. The van der Waals surface area contributed by atoms with Crippen molar-refractivity contribution >= 4 is 32.6 Å². The summed E-state index contributed by atoms with van der Waals surface area (Å²) in [7, 11) is 1.63. The van der Waals surface area contributed by atoms with Gasteiger partial charge in [0.15, 0.2) is 5.13 Å². The molecule has 30 heavy (non-hydrogen) atoms. The molecule has 0 radical (unpaired) electrons. The van der Waals surface area contributed by atoms with E-state index in [0.29, 0.717) is 23.8 Å². The Balaban J connectivity index is 1.72. The van der Waals surface area contributed by atoms with Gasteiger partial charge in [0.25, 0.3) is 0 Å². The predicted molar refractivity (Wildman–Crippen MR) is 121 cm³/mol. The molecule has 152 valence electrons. The Labute approximate surface area is 180 Å². The van der Waals surface area contributed by atoms with E-state index in [1.165, 1.54) is 11.3 Å². The number of carbonyl (C=O) groups is 1. The van der Waals surface area contributed by atoms with Crippen LogP contribution in [0.25, 0.3) is 10.2 Å². The van der Waals surface area contributed by atoms with E-state index >= 15 is 0 Å². The van der Waals surface area contributed by atoms with Crippen LogP contribution >= 0.6 is 11.3 Å². The molecule has 0 saturated heterocycles. The minimum atomic E-state index is 0.00516. The molecule has 0 atom stereocenters. The van der Waals surface area contributed by atoms with Crippen molar-refractivity contribution in [2.24, 2.45) is 0 Å². The Kier molecular flexibility index (Phi) is 5.77. The quantitative estimate of drug-likeness (QED) is 0.438. The van der Waals surface area contributed by atoms with Crippen molar-refractivity contribution in [3.8, 4) is 5.75 Å². The van der Waals surface area contributed by atoms with Crippen molar-refractivity contribution in [1.29, 1.82) is 0 Å². The van der Waals surface area contributed by atoms with Crippen molar-refractivity contribution in [2.75, 3.05) is 12.0 Å². The van der Waals surface area contributed by atoms with Crippen LogP contribution in [0.2, 0.25) is 0 Å². The monoisotopic (exact) mass is 417 g/mol. The van der Waals surface area contributed by atoms with Crippen LogP contribution < -0.4 is 9.64 Å². The van der Waals surface area contributed by atoms with Gasteiger partial charge in [-0.2, -0.15) is 0 Å². The lowest BCUT2D eigenvalue weighted by atomic mass is 10.0. The number of thiazole rings is 1. The Hall–Kier alpha value is -3.25. The summed E-state index contributed by atoms with van der Waals surface area (Å²) in [4.78, 5) is 24.2. The normalized spacial score (nSPS) is 10.9. The number of amides is 1. The van der Waals surface area contributed by atoms with Gasteiger partial charge in [0.1, 0.15) is 11.3 Å². The summed E-state index contributed by atoms with van der Waals surface area (Å²) >= 11 is 1.49. The fourth-order valence-corrected chi connectivity index (χ4v) is 4.38. The lowest BCUT2D eigenvalue weighted by Crippen LogP contribution is -2.32. The Morgan fingerprint density at radius 3 is 2.77 bits per heavy atom. The molecule has 0 saturated carbocycles. The summed E-state index contributed by atoms with van der Waals surface area (Å²) in [6.07, 6.45) is 3.83. The van der Waals surface area contributed by atoms with Gasteiger partial charge in [-0.15, -0.1) is 0 Å². The molecule has 2 aromatic heterocycles. The number of nitrogens with zero attached hydrogens (tertiary/aromatic N) is 3. The van der Waals surface area contributed by atoms with Crippen molar-refractivity contribution < 1.29 is 9.53 Å².